The fourth-order valence-electron chi connectivity index (χ4n) is 4.04. The molecule has 0 bridgehead atoms. The second-order valence-corrected chi connectivity index (χ2v) is 9.07. The van der Waals surface area contributed by atoms with Crippen molar-refractivity contribution in [3.8, 4) is 0 Å². The minimum absolute atomic E-state index is 0. The molecular weight excluding hydrogens is 531 g/mol. The maximum absolute atomic E-state index is 5.45. The molecule has 1 aliphatic heterocycles. The molecule has 5 nitrogen and oxygen atoms in total. The topological polar surface area (TPSA) is 52.8 Å². The van der Waals surface area contributed by atoms with Crippen molar-refractivity contribution in [3.63, 3.8) is 0 Å². The molecule has 3 heterocycles. The van der Waals surface area contributed by atoms with Crippen LogP contribution in [0.2, 0.25) is 0 Å². The highest BCUT2D eigenvalue weighted by Gasteiger charge is 2.24. The maximum atomic E-state index is 5.45. The molecule has 1 atom stereocenters. The third-order valence-electron chi connectivity index (χ3n) is 5.92. The summed E-state index contributed by atoms with van der Waals surface area (Å²) in [5, 5.41) is 9.28. The predicted molar refractivity (Wildman–Crippen MR) is 144 cm³/mol. The van der Waals surface area contributed by atoms with Gasteiger partial charge >= 0.3 is 0 Å². The maximum Gasteiger partial charge on any atom is 0.191 e. The van der Waals surface area contributed by atoms with Crippen LogP contribution in [0.4, 0.5) is 0 Å². The number of piperidine rings is 1. The van der Waals surface area contributed by atoms with Gasteiger partial charge in [-0.15, -0.1) is 35.3 Å². The second kappa shape index (κ2) is 13.0. The van der Waals surface area contributed by atoms with Crippen LogP contribution in [-0.2, 0) is 13.0 Å². The van der Waals surface area contributed by atoms with Crippen molar-refractivity contribution < 1.29 is 4.42 Å². The van der Waals surface area contributed by atoms with Gasteiger partial charge in [-0.3, -0.25) is 4.90 Å². The first-order valence-electron chi connectivity index (χ1n) is 11.2. The lowest BCUT2D eigenvalue weighted by molar-refractivity contribution is 0.158. The molecule has 172 valence electrons. The number of nitrogens with zero attached hydrogens (tertiary/aromatic N) is 2. The largest absolute Gasteiger partial charge is 0.469 e. The molecule has 0 spiro atoms. The van der Waals surface area contributed by atoms with Crippen molar-refractivity contribution in [2.75, 3.05) is 19.6 Å². The number of rotatable bonds is 8. The Balaban J connectivity index is 0.00000289. The molecular formula is C25H33IN4OS. The summed E-state index contributed by atoms with van der Waals surface area (Å²) >= 11 is 1.75. The van der Waals surface area contributed by atoms with Gasteiger partial charge in [0.15, 0.2) is 5.96 Å². The number of likely N-dealkylation sites (tertiary alicyclic amines) is 1. The van der Waals surface area contributed by atoms with Crippen LogP contribution in [-0.4, -0.2) is 36.5 Å². The molecule has 2 aromatic heterocycles. The lowest BCUT2D eigenvalue weighted by Gasteiger charge is -2.37. The van der Waals surface area contributed by atoms with E-state index in [0.29, 0.717) is 18.6 Å². The summed E-state index contributed by atoms with van der Waals surface area (Å²) in [5.74, 6) is 1.89. The van der Waals surface area contributed by atoms with Gasteiger partial charge in [0.05, 0.1) is 12.8 Å². The van der Waals surface area contributed by atoms with Gasteiger partial charge < -0.3 is 15.1 Å². The van der Waals surface area contributed by atoms with Gasteiger partial charge in [0.2, 0.25) is 0 Å². The average molecular weight is 565 g/mol. The summed E-state index contributed by atoms with van der Waals surface area (Å²) < 4.78 is 5.45. The van der Waals surface area contributed by atoms with Crippen LogP contribution in [0.5, 0.6) is 0 Å². The Labute approximate surface area is 212 Å². The highest BCUT2D eigenvalue weighted by molar-refractivity contribution is 14.0. The van der Waals surface area contributed by atoms with Gasteiger partial charge in [-0.2, -0.15) is 0 Å². The summed E-state index contributed by atoms with van der Waals surface area (Å²) in [4.78, 5) is 8.70. The zero-order valence-corrected chi connectivity index (χ0v) is 21.7. The van der Waals surface area contributed by atoms with Gasteiger partial charge in [-0.1, -0.05) is 36.4 Å². The van der Waals surface area contributed by atoms with E-state index in [-0.39, 0.29) is 24.0 Å². The number of hydrogen-bond donors (Lipinski definition) is 2. The molecule has 1 unspecified atom stereocenters. The van der Waals surface area contributed by atoms with Crippen LogP contribution in [0, 0.1) is 0 Å². The first-order chi connectivity index (χ1) is 15.3. The number of halogens is 1. The van der Waals surface area contributed by atoms with Gasteiger partial charge in [0, 0.05) is 43.0 Å². The minimum atomic E-state index is 0. The lowest BCUT2D eigenvalue weighted by Crippen LogP contribution is -2.49. The van der Waals surface area contributed by atoms with Crippen molar-refractivity contribution in [1.82, 2.24) is 15.5 Å². The number of aliphatic imine (C=N–C) groups is 1. The van der Waals surface area contributed by atoms with E-state index in [1.807, 2.05) is 12.1 Å². The van der Waals surface area contributed by atoms with Crippen molar-refractivity contribution in [1.29, 1.82) is 0 Å². The van der Waals surface area contributed by atoms with Crippen LogP contribution < -0.4 is 10.6 Å². The molecule has 7 heteroatoms. The first-order valence-corrected chi connectivity index (χ1v) is 12.0. The molecule has 0 aliphatic carbocycles. The molecule has 1 fully saturated rings. The molecule has 1 aromatic carbocycles. The summed E-state index contributed by atoms with van der Waals surface area (Å²) in [6.07, 6.45) is 4.81. The third kappa shape index (κ3) is 7.35. The van der Waals surface area contributed by atoms with Gasteiger partial charge in [-0.25, -0.2) is 4.99 Å². The number of benzene rings is 1. The monoisotopic (exact) mass is 564 g/mol. The normalized spacial score (nSPS) is 16.3. The smallest absolute Gasteiger partial charge is 0.191 e. The van der Waals surface area contributed by atoms with E-state index in [4.69, 9.17) is 9.41 Å². The molecule has 1 aliphatic rings. The number of thiophene rings is 1. The summed E-state index contributed by atoms with van der Waals surface area (Å²) in [7, 11) is 0. The van der Waals surface area contributed by atoms with E-state index in [9.17, 15) is 0 Å². The highest BCUT2D eigenvalue weighted by Crippen LogP contribution is 2.24. The molecule has 1 saturated heterocycles. The van der Waals surface area contributed by atoms with Gasteiger partial charge in [-0.05, 0) is 48.9 Å². The van der Waals surface area contributed by atoms with Crippen LogP contribution in [0.15, 0.2) is 75.7 Å². The van der Waals surface area contributed by atoms with Crippen molar-refractivity contribution in [2.45, 2.75) is 44.8 Å². The van der Waals surface area contributed by atoms with E-state index in [1.165, 1.54) is 10.4 Å². The van der Waals surface area contributed by atoms with E-state index in [2.05, 4.69) is 70.3 Å². The fraction of sp³-hybridized carbons (Fsp3) is 0.400. The standard InChI is InChI=1S/C25H32N4OS.HI/c1-20(21-7-3-2-4-8-21)29-15-12-22(13-16-29)28-25(27-19-24-10-6-18-31-24)26-14-11-23-9-5-17-30-23;/h2-10,17-18,20,22H,11-16,19H2,1H3,(H2,26,27,28);1H. The van der Waals surface area contributed by atoms with E-state index >= 15 is 0 Å². The zero-order chi connectivity index (χ0) is 21.3. The van der Waals surface area contributed by atoms with Crippen LogP contribution in [0.25, 0.3) is 0 Å². The zero-order valence-electron chi connectivity index (χ0n) is 18.6. The van der Waals surface area contributed by atoms with Crippen molar-refractivity contribution in [2.24, 2.45) is 4.99 Å². The quantitative estimate of drug-likeness (QED) is 0.217. The Morgan fingerprint density at radius 3 is 2.62 bits per heavy atom. The Hall–Kier alpha value is -1.84. The SMILES string of the molecule is CC(c1ccccc1)N1CCC(NC(=NCc2cccs2)NCCc2ccco2)CC1.I. The third-order valence-corrected chi connectivity index (χ3v) is 6.78. The minimum Gasteiger partial charge on any atom is -0.469 e. The fourth-order valence-corrected chi connectivity index (χ4v) is 4.67. The Morgan fingerprint density at radius 2 is 1.94 bits per heavy atom. The summed E-state index contributed by atoms with van der Waals surface area (Å²) in [6.45, 7) is 6.01. The van der Waals surface area contributed by atoms with E-state index in [0.717, 1.165) is 50.6 Å². The van der Waals surface area contributed by atoms with Crippen molar-refractivity contribution in [3.05, 3.63) is 82.4 Å². The molecule has 0 saturated carbocycles. The number of furan rings is 1. The van der Waals surface area contributed by atoms with E-state index in [1.54, 1.807) is 17.6 Å². The molecule has 32 heavy (non-hydrogen) atoms. The number of nitrogens with one attached hydrogen (secondary N) is 2. The van der Waals surface area contributed by atoms with Crippen LogP contribution in [0.1, 0.15) is 42.0 Å². The lowest BCUT2D eigenvalue weighted by atomic mass is 10.0. The molecule has 4 rings (SSSR count). The summed E-state index contributed by atoms with van der Waals surface area (Å²) in [5.41, 5.74) is 1.40. The first kappa shape index (κ1) is 24.8. The van der Waals surface area contributed by atoms with Crippen molar-refractivity contribution >= 4 is 41.3 Å². The van der Waals surface area contributed by atoms with Crippen LogP contribution >= 0.6 is 35.3 Å². The number of hydrogen-bond acceptors (Lipinski definition) is 4. The van der Waals surface area contributed by atoms with Gasteiger partial charge in [0.1, 0.15) is 5.76 Å². The van der Waals surface area contributed by atoms with E-state index < -0.39 is 0 Å². The average Bonchev–Trinajstić information content (AvgIpc) is 3.52. The highest BCUT2D eigenvalue weighted by atomic mass is 127. The van der Waals surface area contributed by atoms with Gasteiger partial charge in [0.25, 0.3) is 0 Å². The molecule has 3 aromatic rings. The molecule has 0 radical (unpaired) electrons. The molecule has 0 amide bonds. The summed E-state index contributed by atoms with van der Waals surface area (Å²) in [6, 6.07) is 19.9. The Morgan fingerprint density at radius 1 is 1.12 bits per heavy atom. The Bertz CT molecular complexity index is 907. The number of guanidine groups is 1. The molecule has 2 N–H and O–H groups in total. The predicted octanol–water partition coefficient (Wildman–Crippen LogP) is 5.46. The second-order valence-electron chi connectivity index (χ2n) is 8.04. The van der Waals surface area contributed by atoms with Crippen LogP contribution in [0.3, 0.4) is 0 Å². The Kier molecular flexibility index (Phi) is 10.1.